The topological polar surface area (TPSA) is 46.9 Å². The molecule has 0 aliphatic heterocycles. The van der Waals surface area contributed by atoms with Crippen molar-refractivity contribution in [2.75, 3.05) is 0 Å². The zero-order valence-corrected chi connectivity index (χ0v) is 12.4. The molecule has 1 aliphatic rings. The van der Waals surface area contributed by atoms with Gasteiger partial charge in [-0.05, 0) is 55.2 Å². The van der Waals surface area contributed by atoms with Crippen LogP contribution >= 0.6 is 11.3 Å². The van der Waals surface area contributed by atoms with E-state index in [4.69, 9.17) is 0 Å². The Hall–Kier alpha value is -1.62. The minimum Gasteiger partial charge on any atom is -0.347 e. The van der Waals surface area contributed by atoms with Crippen LogP contribution in [-0.4, -0.2) is 21.7 Å². The van der Waals surface area contributed by atoms with Crippen LogP contribution in [0.5, 0.6) is 0 Å². The number of rotatable bonds is 4. The van der Waals surface area contributed by atoms with Crippen molar-refractivity contribution >= 4 is 17.2 Å². The summed E-state index contributed by atoms with van der Waals surface area (Å²) in [4.78, 5) is 13.3. The molecule has 5 heteroatoms. The molecule has 2 aromatic heterocycles. The van der Waals surface area contributed by atoms with Crippen LogP contribution in [0.4, 0.5) is 0 Å². The highest BCUT2D eigenvalue weighted by molar-refractivity contribution is 7.12. The Morgan fingerprint density at radius 2 is 2.35 bits per heavy atom. The molecule has 1 amide bonds. The fourth-order valence-electron chi connectivity index (χ4n) is 2.73. The van der Waals surface area contributed by atoms with Gasteiger partial charge in [-0.2, -0.15) is 5.10 Å². The number of carbonyl (C=O) groups excluding carboxylic acids is 1. The average Bonchev–Trinajstić information content (AvgIpc) is 3.07. The van der Waals surface area contributed by atoms with Gasteiger partial charge < -0.3 is 5.32 Å². The molecule has 1 N–H and O–H groups in total. The molecule has 0 radical (unpaired) electrons. The molecule has 0 aromatic carbocycles. The smallest absolute Gasteiger partial charge is 0.261 e. The second-order valence-electron chi connectivity index (χ2n) is 5.38. The second-order valence-corrected chi connectivity index (χ2v) is 6.26. The molecule has 4 nitrogen and oxygen atoms in total. The predicted molar refractivity (Wildman–Crippen MR) is 80.1 cm³/mol. The van der Waals surface area contributed by atoms with Crippen molar-refractivity contribution in [1.82, 2.24) is 15.1 Å². The summed E-state index contributed by atoms with van der Waals surface area (Å²) in [5.74, 6) is 0.0674. The number of aromatic nitrogens is 2. The minimum absolute atomic E-state index is 0.0674. The average molecular weight is 289 g/mol. The van der Waals surface area contributed by atoms with Crippen molar-refractivity contribution in [2.45, 2.75) is 45.2 Å². The van der Waals surface area contributed by atoms with Crippen LogP contribution in [0, 0.1) is 0 Å². The molecule has 0 fully saturated rings. The number of thiophene rings is 1. The Kier molecular flexibility index (Phi) is 3.87. The highest BCUT2D eigenvalue weighted by Gasteiger charge is 2.21. The van der Waals surface area contributed by atoms with E-state index in [-0.39, 0.29) is 11.9 Å². The molecule has 0 saturated heterocycles. The maximum Gasteiger partial charge on any atom is 0.261 e. The Bertz CT molecular complexity index is 588. The number of hydrogen-bond acceptors (Lipinski definition) is 3. The number of amides is 1. The van der Waals surface area contributed by atoms with Crippen molar-refractivity contribution in [3.8, 4) is 0 Å². The summed E-state index contributed by atoms with van der Waals surface area (Å²) < 4.78 is 1.84. The zero-order valence-electron chi connectivity index (χ0n) is 11.6. The number of hydrogen-bond donors (Lipinski definition) is 1. The van der Waals surface area contributed by atoms with Gasteiger partial charge >= 0.3 is 0 Å². The summed E-state index contributed by atoms with van der Waals surface area (Å²) in [5.41, 5.74) is 2.66. The van der Waals surface area contributed by atoms with Crippen molar-refractivity contribution in [2.24, 2.45) is 0 Å². The summed E-state index contributed by atoms with van der Waals surface area (Å²) in [6.07, 6.45) is 8.30. The molecule has 0 spiro atoms. The zero-order chi connectivity index (χ0) is 13.9. The van der Waals surface area contributed by atoms with Crippen LogP contribution in [0.25, 0.3) is 0 Å². The normalized spacial score (nSPS) is 15.7. The Labute approximate surface area is 122 Å². The fourth-order valence-corrected chi connectivity index (χ4v) is 3.80. The monoisotopic (exact) mass is 289 g/mol. The molecule has 1 atom stereocenters. The van der Waals surface area contributed by atoms with Crippen molar-refractivity contribution in [3.63, 3.8) is 0 Å². The van der Waals surface area contributed by atoms with E-state index in [9.17, 15) is 4.79 Å². The number of carbonyl (C=O) groups is 1. The molecule has 2 aromatic rings. The van der Waals surface area contributed by atoms with Crippen LogP contribution in [0.15, 0.2) is 23.8 Å². The quantitative estimate of drug-likeness (QED) is 0.940. The van der Waals surface area contributed by atoms with Gasteiger partial charge in [0.2, 0.25) is 0 Å². The highest BCUT2D eigenvalue weighted by Crippen LogP contribution is 2.29. The summed E-state index contributed by atoms with van der Waals surface area (Å²) >= 11 is 1.59. The standard InChI is InChI=1S/C15H19N3OS/c1-11(9-18-8-4-7-16-18)17-15(19)14-13-6-3-2-5-12(13)10-20-14/h4,7-8,10-11H,2-3,5-6,9H2,1H3,(H,17,19)/t11-/m1/s1. The second kappa shape index (κ2) is 5.79. The lowest BCUT2D eigenvalue weighted by Gasteiger charge is -2.16. The molecule has 0 bridgehead atoms. The molecular weight excluding hydrogens is 270 g/mol. The number of nitrogens with one attached hydrogen (secondary N) is 1. The molecule has 20 heavy (non-hydrogen) atoms. The van der Waals surface area contributed by atoms with E-state index >= 15 is 0 Å². The Morgan fingerprint density at radius 1 is 1.50 bits per heavy atom. The third-order valence-electron chi connectivity index (χ3n) is 3.71. The maximum absolute atomic E-state index is 12.4. The van der Waals surface area contributed by atoms with Gasteiger partial charge in [0.05, 0.1) is 11.4 Å². The first-order valence-electron chi connectivity index (χ1n) is 7.11. The van der Waals surface area contributed by atoms with Crippen LogP contribution < -0.4 is 5.32 Å². The highest BCUT2D eigenvalue weighted by atomic mass is 32.1. The SMILES string of the molecule is C[C@H](Cn1cccn1)NC(=O)c1scc2c1CCCC2. The minimum atomic E-state index is 0.0674. The summed E-state index contributed by atoms with van der Waals surface area (Å²) in [6.45, 7) is 2.71. The van der Waals surface area contributed by atoms with Gasteiger partial charge in [-0.15, -0.1) is 11.3 Å². The lowest BCUT2D eigenvalue weighted by Crippen LogP contribution is -2.35. The fraction of sp³-hybridized carbons (Fsp3) is 0.467. The molecule has 1 aliphatic carbocycles. The van der Waals surface area contributed by atoms with Gasteiger partial charge in [-0.1, -0.05) is 0 Å². The van der Waals surface area contributed by atoms with Gasteiger partial charge in [-0.25, -0.2) is 0 Å². The summed E-state index contributed by atoms with van der Waals surface area (Å²) in [7, 11) is 0. The molecule has 2 heterocycles. The molecule has 106 valence electrons. The Balaban J connectivity index is 1.65. The number of fused-ring (bicyclic) bond motifs is 1. The lowest BCUT2D eigenvalue weighted by molar-refractivity contribution is 0.0939. The number of nitrogens with zero attached hydrogens (tertiary/aromatic N) is 2. The van der Waals surface area contributed by atoms with Gasteiger partial charge in [0.25, 0.3) is 5.91 Å². The maximum atomic E-state index is 12.4. The summed E-state index contributed by atoms with van der Waals surface area (Å²) in [5, 5.41) is 9.40. The third-order valence-corrected chi connectivity index (χ3v) is 4.78. The first-order chi connectivity index (χ1) is 9.74. The van der Waals surface area contributed by atoms with E-state index in [0.29, 0.717) is 6.54 Å². The van der Waals surface area contributed by atoms with Gasteiger partial charge in [0.1, 0.15) is 0 Å². The predicted octanol–water partition coefficient (Wildman–Crippen LogP) is 2.64. The van der Waals surface area contributed by atoms with Gasteiger partial charge in [0.15, 0.2) is 0 Å². The number of aryl methyl sites for hydroxylation is 1. The lowest BCUT2D eigenvalue weighted by atomic mass is 9.94. The third kappa shape index (κ3) is 2.77. The van der Waals surface area contributed by atoms with Crippen molar-refractivity contribution in [1.29, 1.82) is 0 Å². The van der Waals surface area contributed by atoms with E-state index in [1.165, 1.54) is 24.0 Å². The summed E-state index contributed by atoms with van der Waals surface area (Å²) in [6, 6.07) is 1.97. The van der Waals surface area contributed by atoms with Gasteiger partial charge in [0, 0.05) is 18.4 Å². The molecular formula is C15H19N3OS. The van der Waals surface area contributed by atoms with E-state index in [2.05, 4.69) is 15.8 Å². The first-order valence-corrected chi connectivity index (χ1v) is 7.99. The largest absolute Gasteiger partial charge is 0.347 e. The van der Waals surface area contributed by atoms with Crippen molar-refractivity contribution < 1.29 is 4.79 Å². The van der Waals surface area contributed by atoms with Crippen LogP contribution in [-0.2, 0) is 19.4 Å². The first kappa shape index (κ1) is 13.4. The van der Waals surface area contributed by atoms with Crippen LogP contribution in [0.2, 0.25) is 0 Å². The van der Waals surface area contributed by atoms with E-state index in [1.54, 1.807) is 17.5 Å². The van der Waals surface area contributed by atoms with Crippen LogP contribution in [0.3, 0.4) is 0 Å². The Morgan fingerprint density at radius 3 is 3.15 bits per heavy atom. The van der Waals surface area contributed by atoms with Crippen LogP contribution in [0.1, 0.15) is 40.6 Å². The molecule has 0 saturated carbocycles. The molecule has 3 rings (SSSR count). The van der Waals surface area contributed by atoms with E-state index in [1.807, 2.05) is 23.9 Å². The molecule has 0 unspecified atom stereocenters. The van der Waals surface area contributed by atoms with E-state index < -0.39 is 0 Å². The van der Waals surface area contributed by atoms with Crippen molar-refractivity contribution in [3.05, 3.63) is 39.8 Å². The van der Waals surface area contributed by atoms with Gasteiger partial charge in [-0.3, -0.25) is 9.48 Å². The van der Waals surface area contributed by atoms with E-state index in [0.717, 1.165) is 17.7 Å².